The standard InChI is InChI=1S/C16H20BrNO2S/c1-18(10-14-9-13(17)11-21-14)7-6-12-4-5-15(19-2)16(8-12)20-3/h4-5,8-9,11H,6-7,10H2,1-3H3/p+1. The molecule has 0 aliphatic heterocycles. The van der Waals surface area contributed by atoms with Crippen molar-refractivity contribution in [3.63, 3.8) is 0 Å². The Balaban J connectivity index is 1.90. The Kier molecular flexibility index (Phi) is 6.08. The van der Waals surface area contributed by atoms with Gasteiger partial charge in [-0.3, -0.25) is 0 Å². The number of thiophene rings is 1. The number of methoxy groups -OCH3 is 2. The zero-order valence-electron chi connectivity index (χ0n) is 12.6. The molecule has 1 heterocycles. The Morgan fingerprint density at radius 1 is 1.14 bits per heavy atom. The first kappa shape index (κ1) is 16.3. The van der Waals surface area contributed by atoms with E-state index < -0.39 is 0 Å². The highest BCUT2D eigenvalue weighted by Crippen LogP contribution is 2.27. The third-order valence-electron chi connectivity index (χ3n) is 3.39. The molecule has 3 nitrogen and oxygen atoms in total. The zero-order chi connectivity index (χ0) is 15.2. The van der Waals surface area contributed by atoms with Gasteiger partial charge in [0.05, 0.1) is 32.7 Å². The summed E-state index contributed by atoms with van der Waals surface area (Å²) >= 11 is 5.31. The molecule has 0 radical (unpaired) electrons. The highest BCUT2D eigenvalue weighted by molar-refractivity contribution is 9.10. The summed E-state index contributed by atoms with van der Waals surface area (Å²) in [6.07, 6.45) is 1.03. The summed E-state index contributed by atoms with van der Waals surface area (Å²) < 4.78 is 11.8. The Bertz CT molecular complexity index is 585. The Hall–Kier alpha value is -1.04. The number of rotatable bonds is 7. The van der Waals surface area contributed by atoms with E-state index in [0.717, 1.165) is 31.0 Å². The molecule has 0 saturated heterocycles. The van der Waals surface area contributed by atoms with Crippen molar-refractivity contribution in [2.45, 2.75) is 13.0 Å². The molecule has 1 unspecified atom stereocenters. The Labute approximate surface area is 138 Å². The second-order valence-corrected chi connectivity index (χ2v) is 6.97. The first-order valence-electron chi connectivity index (χ1n) is 6.87. The van der Waals surface area contributed by atoms with E-state index in [1.165, 1.54) is 19.8 Å². The van der Waals surface area contributed by atoms with Crippen LogP contribution in [-0.2, 0) is 13.0 Å². The molecule has 21 heavy (non-hydrogen) atoms. The lowest BCUT2D eigenvalue weighted by Gasteiger charge is -2.14. The van der Waals surface area contributed by atoms with Gasteiger partial charge < -0.3 is 14.4 Å². The lowest BCUT2D eigenvalue weighted by Crippen LogP contribution is -3.07. The predicted molar refractivity (Wildman–Crippen MR) is 90.7 cm³/mol. The van der Waals surface area contributed by atoms with Gasteiger partial charge in [0.1, 0.15) is 6.54 Å². The molecule has 0 spiro atoms. The third-order valence-corrected chi connectivity index (χ3v) is 5.08. The quantitative estimate of drug-likeness (QED) is 0.809. The topological polar surface area (TPSA) is 22.9 Å². The van der Waals surface area contributed by atoms with Crippen molar-refractivity contribution in [1.82, 2.24) is 0 Å². The maximum absolute atomic E-state index is 5.35. The summed E-state index contributed by atoms with van der Waals surface area (Å²) in [5.74, 6) is 1.58. The van der Waals surface area contributed by atoms with Gasteiger partial charge in [-0.05, 0) is 39.7 Å². The summed E-state index contributed by atoms with van der Waals surface area (Å²) in [5.41, 5.74) is 1.28. The zero-order valence-corrected chi connectivity index (χ0v) is 15.0. The van der Waals surface area contributed by atoms with Crippen molar-refractivity contribution >= 4 is 27.3 Å². The van der Waals surface area contributed by atoms with Crippen LogP contribution in [-0.4, -0.2) is 27.8 Å². The first-order chi connectivity index (χ1) is 10.1. The molecule has 0 bridgehead atoms. The molecule has 114 valence electrons. The number of quaternary nitrogens is 1. The van der Waals surface area contributed by atoms with Crippen molar-refractivity contribution < 1.29 is 14.4 Å². The van der Waals surface area contributed by atoms with E-state index in [0.29, 0.717) is 0 Å². The van der Waals surface area contributed by atoms with Gasteiger partial charge in [-0.1, -0.05) is 6.07 Å². The summed E-state index contributed by atoms with van der Waals surface area (Å²) in [5, 5.41) is 2.14. The van der Waals surface area contributed by atoms with Crippen LogP contribution in [0.1, 0.15) is 10.4 Å². The van der Waals surface area contributed by atoms with Crippen molar-refractivity contribution in [2.24, 2.45) is 0 Å². The number of nitrogens with one attached hydrogen (secondary N) is 1. The van der Waals surface area contributed by atoms with Crippen molar-refractivity contribution in [1.29, 1.82) is 0 Å². The smallest absolute Gasteiger partial charge is 0.160 e. The molecule has 1 atom stereocenters. The number of likely N-dealkylation sites (N-methyl/N-ethyl adjacent to an activating group) is 1. The van der Waals surface area contributed by atoms with E-state index in [2.05, 4.69) is 46.6 Å². The van der Waals surface area contributed by atoms with Crippen LogP contribution in [0.4, 0.5) is 0 Å². The molecule has 0 aliphatic rings. The number of halogens is 1. The van der Waals surface area contributed by atoms with Crippen LogP contribution in [0, 0.1) is 0 Å². The summed E-state index contributed by atoms with van der Waals surface area (Å²) in [6, 6.07) is 8.34. The minimum atomic E-state index is 0.783. The maximum atomic E-state index is 5.35. The van der Waals surface area contributed by atoms with Gasteiger partial charge in [0, 0.05) is 16.3 Å². The average molecular weight is 371 g/mol. The van der Waals surface area contributed by atoms with Crippen molar-refractivity contribution in [2.75, 3.05) is 27.8 Å². The molecule has 0 saturated carbocycles. The molecular weight excluding hydrogens is 350 g/mol. The van der Waals surface area contributed by atoms with Gasteiger partial charge in [0.2, 0.25) is 0 Å². The number of ether oxygens (including phenoxy) is 2. The third kappa shape index (κ3) is 4.73. The fourth-order valence-electron chi connectivity index (χ4n) is 2.23. The normalized spacial score (nSPS) is 12.2. The second kappa shape index (κ2) is 7.82. The maximum Gasteiger partial charge on any atom is 0.160 e. The Morgan fingerprint density at radius 3 is 2.52 bits per heavy atom. The second-order valence-electron chi connectivity index (χ2n) is 5.05. The molecule has 0 aliphatic carbocycles. The van der Waals surface area contributed by atoms with Gasteiger partial charge in [-0.25, -0.2) is 0 Å². The van der Waals surface area contributed by atoms with Crippen molar-refractivity contribution in [3.8, 4) is 11.5 Å². The van der Waals surface area contributed by atoms with E-state index >= 15 is 0 Å². The summed E-state index contributed by atoms with van der Waals surface area (Å²) in [6.45, 7) is 2.15. The fraction of sp³-hybridized carbons (Fsp3) is 0.375. The monoisotopic (exact) mass is 370 g/mol. The van der Waals surface area contributed by atoms with Gasteiger partial charge in [0.25, 0.3) is 0 Å². The van der Waals surface area contributed by atoms with Crippen LogP contribution in [0.5, 0.6) is 11.5 Å². The first-order valence-corrected chi connectivity index (χ1v) is 8.54. The summed E-state index contributed by atoms with van der Waals surface area (Å²) in [4.78, 5) is 2.91. The number of hydrogen-bond donors (Lipinski definition) is 1. The molecule has 1 N–H and O–H groups in total. The molecule has 2 aromatic rings. The molecule has 5 heteroatoms. The molecule has 2 rings (SSSR count). The fourth-order valence-corrected chi connectivity index (χ4v) is 3.79. The Morgan fingerprint density at radius 2 is 1.90 bits per heavy atom. The average Bonchev–Trinajstić information content (AvgIpc) is 2.89. The summed E-state index contributed by atoms with van der Waals surface area (Å²) in [7, 11) is 5.57. The van der Waals surface area contributed by atoms with E-state index in [4.69, 9.17) is 9.47 Å². The van der Waals surface area contributed by atoms with E-state index in [1.807, 2.05) is 6.07 Å². The lowest BCUT2D eigenvalue weighted by atomic mass is 10.1. The van der Waals surface area contributed by atoms with Gasteiger partial charge in [-0.2, -0.15) is 0 Å². The predicted octanol–water partition coefficient (Wildman–Crippen LogP) is 2.79. The minimum absolute atomic E-state index is 0.783. The van der Waals surface area contributed by atoms with Crippen LogP contribution < -0.4 is 14.4 Å². The van der Waals surface area contributed by atoms with Crippen LogP contribution in [0.25, 0.3) is 0 Å². The van der Waals surface area contributed by atoms with Gasteiger partial charge in [0.15, 0.2) is 11.5 Å². The van der Waals surface area contributed by atoms with E-state index in [9.17, 15) is 0 Å². The van der Waals surface area contributed by atoms with Crippen LogP contribution in [0.2, 0.25) is 0 Å². The lowest BCUT2D eigenvalue weighted by molar-refractivity contribution is -0.893. The van der Waals surface area contributed by atoms with Crippen LogP contribution >= 0.6 is 27.3 Å². The highest BCUT2D eigenvalue weighted by atomic mass is 79.9. The van der Waals surface area contributed by atoms with E-state index in [-0.39, 0.29) is 0 Å². The highest BCUT2D eigenvalue weighted by Gasteiger charge is 2.09. The van der Waals surface area contributed by atoms with Crippen LogP contribution in [0.3, 0.4) is 0 Å². The van der Waals surface area contributed by atoms with Crippen molar-refractivity contribution in [3.05, 3.63) is 44.6 Å². The van der Waals surface area contributed by atoms with Gasteiger partial charge >= 0.3 is 0 Å². The molecule has 1 aromatic heterocycles. The van der Waals surface area contributed by atoms with Gasteiger partial charge in [-0.15, -0.1) is 11.3 Å². The largest absolute Gasteiger partial charge is 0.493 e. The molecule has 0 fully saturated rings. The van der Waals surface area contributed by atoms with Crippen LogP contribution in [0.15, 0.2) is 34.1 Å². The van der Waals surface area contributed by atoms with E-state index in [1.54, 1.807) is 25.6 Å². The molecule has 0 amide bonds. The number of benzene rings is 1. The number of hydrogen-bond acceptors (Lipinski definition) is 3. The molecule has 1 aromatic carbocycles. The molecular formula is C16H21BrNO2S+. The SMILES string of the molecule is COc1ccc(CC[NH+](C)Cc2cc(Br)cs2)cc1OC. The minimum Gasteiger partial charge on any atom is -0.493 e.